The molecule has 4 rings (SSSR count). The second-order valence-corrected chi connectivity index (χ2v) is 8.70. The Kier molecular flexibility index (Phi) is 6.06. The molecule has 1 aromatic heterocycles. The molecule has 156 valence electrons. The average molecular weight is 432 g/mol. The Morgan fingerprint density at radius 1 is 0.710 bits per heavy atom. The van der Waals surface area contributed by atoms with Gasteiger partial charge in [0.2, 0.25) is 10.0 Å². The largest absolute Gasteiger partial charge is 0.268 e. The number of nitrogens with one attached hydrogen (secondary N) is 1. The zero-order chi connectivity index (χ0) is 21.7. The van der Waals surface area contributed by atoms with Crippen LogP contribution in [0, 0.1) is 0 Å². The minimum atomic E-state index is -3.70. The third-order valence-corrected chi connectivity index (χ3v) is 6.30. The van der Waals surface area contributed by atoms with E-state index in [0.717, 1.165) is 16.7 Å². The normalized spacial score (nSPS) is 11.4. The van der Waals surface area contributed by atoms with Gasteiger partial charge in [0.05, 0.1) is 17.1 Å². The maximum atomic E-state index is 12.6. The molecule has 7 heteroatoms. The van der Waals surface area contributed by atoms with Crippen molar-refractivity contribution in [1.29, 1.82) is 0 Å². The number of hydrogen-bond donors (Lipinski definition) is 1. The van der Waals surface area contributed by atoms with Crippen molar-refractivity contribution in [1.82, 2.24) is 14.5 Å². The number of sulfonamides is 1. The van der Waals surface area contributed by atoms with Crippen molar-refractivity contribution in [2.75, 3.05) is 6.54 Å². The molecular formula is C24H21N3O3S. The van der Waals surface area contributed by atoms with Gasteiger partial charge in [-0.05, 0) is 29.3 Å². The Morgan fingerprint density at radius 3 is 1.94 bits per heavy atom. The molecule has 0 bridgehead atoms. The lowest BCUT2D eigenvalue weighted by atomic mass is 10.1. The zero-order valence-corrected chi connectivity index (χ0v) is 17.5. The molecule has 0 fully saturated rings. The van der Waals surface area contributed by atoms with Crippen LogP contribution in [0.1, 0.15) is 0 Å². The van der Waals surface area contributed by atoms with E-state index < -0.39 is 10.0 Å². The van der Waals surface area contributed by atoms with Crippen molar-refractivity contribution >= 4 is 10.0 Å². The molecule has 0 radical (unpaired) electrons. The van der Waals surface area contributed by atoms with Crippen LogP contribution in [0.25, 0.3) is 22.4 Å². The van der Waals surface area contributed by atoms with Crippen LogP contribution >= 0.6 is 0 Å². The highest BCUT2D eigenvalue weighted by Crippen LogP contribution is 2.21. The lowest BCUT2D eigenvalue weighted by Crippen LogP contribution is -2.32. The molecule has 1 heterocycles. The first kappa shape index (κ1) is 20.7. The number of aromatic nitrogens is 2. The second kappa shape index (κ2) is 9.07. The first-order chi connectivity index (χ1) is 15.0. The Hall–Kier alpha value is -3.55. The number of nitrogens with zero attached hydrogens (tertiary/aromatic N) is 2. The van der Waals surface area contributed by atoms with Gasteiger partial charge in [0.15, 0.2) is 0 Å². The molecule has 0 amide bonds. The Balaban J connectivity index is 1.44. The SMILES string of the molecule is O=c1ccc(-c2ccccc2)nn1CCNS(=O)(=O)c1ccc(-c2ccccc2)cc1. The van der Waals surface area contributed by atoms with Gasteiger partial charge in [0, 0.05) is 18.2 Å². The van der Waals surface area contributed by atoms with E-state index in [2.05, 4.69) is 9.82 Å². The van der Waals surface area contributed by atoms with Crippen LogP contribution in [0.5, 0.6) is 0 Å². The van der Waals surface area contributed by atoms with Crippen LogP contribution in [0.2, 0.25) is 0 Å². The number of benzene rings is 3. The van der Waals surface area contributed by atoms with E-state index >= 15 is 0 Å². The van der Waals surface area contributed by atoms with Crippen LogP contribution < -0.4 is 10.3 Å². The monoisotopic (exact) mass is 431 g/mol. The van der Waals surface area contributed by atoms with E-state index in [1.807, 2.05) is 60.7 Å². The van der Waals surface area contributed by atoms with Crippen LogP contribution in [0.4, 0.5) is 0 Å². The summed E-state index contributed by atoms with van der Waals surface area (Å²) in [4.78, 5) is 12.3. The predicted octanol–water partition coefficient (Wildman–Crippen LogP) is 3.56. The first-order valence-electron chi connectivity index (χ1n) is 9.82. The van der Waals surface area contributed by atoms with Gasteiger partial charge in [0.25, 0.3) is 5.56 Å². The Labute approximate surface area is 180 Å². The Morgan fingerprint density at radius 2 is 1.29 bits per heavy atom. The molecule has 6 nitrogen and oxygen atoms in total. The van der Waals surface area contributed by atoms with Crippen LogP contribution in [-0.4, -0.2) is 24.7 Å². The summed E-state index contributed by atoms with van der Waals surface area (Å²) in [5, 5.41) is 4.35. The third-order valence-electron chi connectivity index (χ3n) is 4.82. The highest BCUT2D eigenvalue weighted by Gasteiger charge is 2.14. The van der Waals surface area contributed by atoms with E-state index in [-0.39, 0.29) is 23.5 Å². The molecule has 0 atom stereocenters. The molecule has 1 N–H and O–H groups in total. The minimum absolute atomic E-state index is 0.0495. The molecular weight excluding hydrogens is 410 g/mol. The topological polar surface area (TPSA) is 81.1 Å². The van der Waals surface area contributed by atoms with Gasteiger partial charge < -0.3 is 0 Å². The first-order valence-corrected chi connectivity index (χ1v) is 11.3. The quantitative estimate of drug-likeness (QED) is 0.485. The van der Waals surface area contributed by atoms with E-state index in [0.29, 0.717) is 5.69 Å². The molecule has 4 aromatic rings. The summed E-state index contributed by atoms with van der Waals surface area (Å²) in [6.07, 6.45) is 0. The van der Waals surface area contributed by atoms with Gasteiger partial charge >= 0.3 is 0 Å². The maximum Gasteiger partial charge on any atom is 0.266 e. The van der Waals surface area contributed by atoms with Crippen molar-refractivity contribution in [3.63, 3.8) is 0 Å². The fourth-order valence-electron chi connectivity index (χ4n) is 3.20. The molecule has 31 heavy (non-hydrogen) atoms. The van der Waals surface area contributed by atoms with Crippen LogP contribution in [0.3, 0.4) is 0 Å². The predicted molar refractivity (Wildman–Crippen MR) is 121 cm³/mol. The van der Waals surface area contributed by atoms with Crippen molar-refractivity contribution < 1.29 is 8.42 Å². The van der Waals surface area contributed by atoms with E-state index in [4.69, 9.17) is 0 Å². The van der Waals surface area contributed by atoms with Gasteiger partial charge in [0.1, 0.15) is 0 Å². The van der Waals surface area contributed by atoms with Crippen LogP contribution in [-0.2, 0) is 16.6 Å². The summed E-state index contributed by atoms with van der Waals surface area (Å²) in [6.45, 7) is 0.175. The van der Waals surface area contributed by atoms with Gasteiger partial charge in [-0.3, -0.25) is 4.79 Å². The fraction of sp³-hybridized carbons (Fsp3) is 0.0833. The van der Waals surface area contributed by atoms with Crippen molar-refractivity contribution in [2.24, 2.45) is 0 Å². The van der Waals surface area contributed by atoms with E-state index in [9.17, 15) is 13.2 Å². The molecule has 0 saturated heterocycles. The summed E-state index contributed by atoms with van der Waals surface area (Å²) in [5.74, 6) is 0. The summed E-state index contributed by atoms with van der Waals surface area (Å²) in [7, 11) is -3.70. The smallest absolute Gasteiger partial charge is 0.266 e. The third kappa shape index (κ3) is 4.96. The van der Waals surface area contributed by atoms with Gasteiger partial charge in [-0.25, -0.2) is 17.8 Å². The summed E-state index contributed by atoms with van der Waals surface area (Å²) in [6, 6.07) is 29.0. The highest BCUT2D eigenvalue weighted by molar-refractivity contribution is 7.89. The molecule has 0 aliphatic rings. The van der Waals surface area contributed by atoms with Crippen molar-refractivity contribution in [2.45, 2.75) is 11.4 Å². The summed E-state index contributed by atoms with van der Waals surface area (Å²) < 4.78 is 29.1. The maximum absolute atomic E-state index is 12.6. The lowest BCUT2D eigenvalue weighted by molar-refractivity contribution is 0.549. The highest BCUT2D eigenvalue weighted by atomic mass is 32.2. The van der Waals surface area contributed by atoms with Gasteiger partial charge in [-0.15, -0.1) is 0 Å². The number of rotatable bonds is 7. The van der Waals surface area contributed by atoms with Crippen LogP contribution in [0.15, 0.2) is 107 Å². The summed E-state index contributed by atoms with van der Waals surface area (Å²) >= 11 is 0. The molecule has 0 spiro atoms. The minimum Gasteiger partial charge on any atom is -0.268 e. The molecule has 3 aromatic carbocycles. The van der Waals surface area contributed by atoms with E-state index in [1.54, 1.807) is 30.3 Å². The Bertz CT molecular complexity index is 1320. The lowest BCUT2D eigenvalue weighted by Gasteiger charge is -2.10. The molecule has 0 aliphatic carbocycles. The van der Waals surface area contributed by atoms with Gasteiger partial charge in [-0.1, -0.05) is 72.8 Å². The van der Waals surface area contributed by atoms with Gasteiger partial charge in [-0.2, -0.15) is 5.10 Å². The van der Waals surface area contributed by atoms with Crippen molar-refractivity contribution in [3.8, 4) is 22.4 Å². The van der Waals surface area contributed by atoms with Crippen molar-refractivity contribution in [3.05, 3.63) is 107 Å². The second-order valence-electron chi connectivity index (χ2n) is 6.93. The average Bonchev–Trinajstić information content (AvgIpc) is 2.81. The number of hydrogen-bond acceptors (Lipinski definition) is 4. The molecule has 0 aliphatic heterocycles. The zero-order valence-electron chi connectivity index (χ0n) is 16.7. The standard InChI is InChI=1S/C24H21N3O3S/c28-24-16-15-23(21-9-5-2-6-10-21)26-27(24)18-17-25-31(29,30)22-13-11-20(12-14-22)19-7-3-1-4-8-19/h1-16,25H,17-18H2. The fourth-order valence-corrected chi connectivity index (χ4v) is 4.22. The van der Waals surface area contributed by atoms with E-state index in [1.165, 1.54) is 10.7 Å². The summed E-state index contributed by atoms with van der Waals surface area (Å²) in [5.41, 5.74) is 3.21. The molecule has 0 unspecified atom stereocenters. The molecule has 0 saturated carbocycles.